The van der Waals surface area contributed by atoms with Gasteiger partial charge in [-0.25, -0.2) is 4.39 Å². The van der Waals surface area contributed by atoms with Crippen molar-refractivity contribution in [3.63, 3.8) is 0 Å². The van der Waals surface area contributed by atoms with Gasteiger partial charge in [0.05, 0.1) is 11.6 Å². The molecule has 0 spiro atoms. The lowest BCUT2D eigenvalue weighted by Gasteiger charge is -2.24. The van der Waals surface area contributed by atoms with Crippen molar-refractivity contribution < 1.29 is 4.39 Å². The van der Waals surface area contributed by atoms with Crippen molar-refractivity contribution in [3.8, 4) is 6.07 Å². The van der Waals surface area contributed by atoms with Gasteiger partial charge in [0.2, 0.25) is 0 Å². The lowest BCUT2D eigenvalue weighted by Crippen LogP contribution is -2.37. The molecule has 102 valence electrons. The minimum absolute atomic E-state index is 0.281. The van der Waals surface area contributed by atoms with E-state index in [2.05, 4.69) is 17.1 Å². The molecule has 19 heavy (non-hydrogen) atoms. The number of halogens is 1. The number of benzene rings is 1. The van der Waals surface area contributed by atoms with Crippen LogP contribution in [0, 0.1) is 17.1 Å². The molecule has 1 heterocycles. The molecule has 1 aromatic carbocycles. The molecule has 1 N–H and O–H groups in total. The van der Waals surface area contributed by atoms with Gasteiger partial charge >= 0.3 is 0 Å². The van der Waals surface area contributed by atoms with E-state index < -0.39 is 0 Å². The van der Waals surface area contributed by atoms with Gasteiger partial charge in [-0.05, 0) is 38.1 Å². The quantitative estimate of drug-likeness (QED) is 0.883. The predicted molar refractivity (Wildman–Crippen MR) is 73.1 cm³/mol. The van der Waals surface area contributed by atoms with Gasteiger partial charge < -0.3 is 5.32 Å². The minimum atomic E-state index is -0.281. The first kappa shape index (κ1) is 14.0. The number of rotatable bonds is 5. The largest absolute Gasteiger partial charge is 0.313 e. The van der Waals surface area contributed by atoms with Crippen molar-refractivity contribution in [1.82, 2.24) is 10.2 Å². The number of hydrogen-bond donors (Lipinski definition) is 1. The molecule has 1 aromatic rings. The maximum absolute atomic E-state index is 13.9. The van der Waals surface area contributed by atoms with Crippen LogP contribution in [0.5, 0.6) is 0 Å². The van der Waals surface area contributed by atoms with Gasteiger partial charge in [0.25, 0.3) is 0 Å². The summed E-state index contributed by atoms with van der Waals surface area (Å²) in [6.07, 6.45) is 2.43. The Morgan fingerprint density at radius 3 is 2.95 bits per heavy atom. The van der Waals surface area contributed by atoms with Crippen molar-refractivity contribution in [2.75, 3.05) is 19.6 Å². The third-order valence-corrected chi connectivity index (χ3v) is 3.66. The molecule has 0 aromatic heterocycles. The molecule has 4 heteroatoms. The highest BCUT2D eigenvalue weighted by Crippen LogP contribution is 2.14. The number of likely N-dealkylation sites (N-methyl/N-ethyl adjacent to an activating group) is 1. The van der Waals surface area contributed by atoms with Crippen molar-refractivity contribution in [2.24, 2.45) is 0 Å². The molecular weight excluding hydrogens is 241 g/mol. The van der Waals surface area contributed by atoms with Crippen molar-refractivity contribution in [2.45, 2.75) is 32.4 Å². The summed E-state index contributed by atoms with van der Waals surface area (Å²) in [5, 5.41) is 12.2. The van der Waals surface area contributed by atoms with Crippen LogP contribution in [0.3, 0.4) is 0 Å². The van der Waals surface area contributed by atoms with Gasteiger partial charge in [-0.1, -0.05) is 13.0 Å². The van der Waals surface area contributed by atoms with E-state index in [1.54, 1.807) is 12.1 Å². The average molecular weight is 261 g/mol. The fourth-order valence-corrected chi connectivity index (χ4v) is 2.52. The lowest BCUT2D eigenvalue weighted by atomic mass is 10.1. The van der Waals surface area contributed by atoms with Crippen molar-refractivity contribution in [1.29, 1.82) is 5.26 Å². The van der Waals surface area contributed by atoms with Crippen LogP contribution in [0.2, 0.25) is 0 Å². The molecule has 2 rings (SSSR count). The van der Waals surface area contributed by atoms with Crippen molar-refractivity contribution >= 4 is 0 Å². The molecule has 0 radical (unpaired) electrons. The molecule has 3 nitrogen and oxygen atoms in total. The summed E-state index contributed by atoms with van der Waals surface area (Å²) in [7, 11) is 0. The highest BCUT2D eigenvalue weighted by molar-refractivity contribution is 5.32. The Bertz CT molecular complexity index is 461. The highest BCUT2D eigenvalue weighted by atomic mass is 19.1. The fraction of sp³-hybridized carbons (Fsp3) is 0.533. The topological polar surface area (TPSA) is 39.1 Å². The summed E-state index contributed by atoms with van der Waals surface area (Å²) in [6.45, 7) is 5.64. The van der Waals surface area contributed by atoms with E-state index in [9.17, 15) is 4.39 Å². The highest BCUT2D eigenvalue weighted by Gasteiger charge is 2.18. The van der Waals surface area contributed by atoms with Crippen LogP contribution in [0.15, 0.2) is 18.2 Å². The summed E-state index contributed by atoms with van der Waals surface area (Å²) < 4.78 is 13.9. The molecule has 1 atom stereocenters. The summed E-state index contributed by atoms with van der Waals surface area (Å²) in [6, 6.07) is 7.20. The van der Waals surface area contributed by atoms with Crippen LogP contribution < -0.4 is 5.32 Å². The Morgan fingerprint density at radius 2 is 2.37 bits per heavy atom. The van der Waals surface area contributed by atoms with E-state index in [1.165, 1.54) is 18.9 Å². The van der Waals surface area contributed by atoms with Gasteiger partial charge in [0, 0.05) is 24.7 Å². The molecule has 0 aliphatic carbocycles. The first-order valence-corrected chi connectivity index (χ1v) is 6.87. The zero-order valence-electron chi connectivity index (χ0n) is 11.3. The Morgan fingerprint density at radius 1 is 1.53 bits per heavy atom. The third kappa shape index (κ3) is 3.76. The van der Waals surface area contributed by atoms with Crippen LogP contribution in [-0.4, -0.2) is 30.6 Å². The Hall–Kier alpha value is -1.44. The molecule has 1 aliphatic rings. The Labute approximate surface area is 114 Å². The first-order valence-electron chi connectivity index (χ1n) is 6.87. The average Bonchev–Trinajstić information content (AvgIpc) is 2.92. The lowest BCUT2D eigenvalue weighted by molar-refractivity contribution is 0.250. The number of nitrogens with one attached hydrogen (secondary N) is 1. The van der Waals surface area contributed by atoms with E-state index in [1.807, 2.05) is 6.07 Å². The maximum atomic E-state index is 13.9. The zero-order valence-corrected chi connectivity index (χ0v) is 11.3. The summed E-state index contributed by atoms with van der Waals surface area (Å²) in [5.74, 6) is -0.281. The van der Waals surface area contributed by atoms with Gasteiger partial charge in [-0.2, -0.15) is 5.26 Å². The third-order valence-electron chi connectivity index (χ3n) is 3.66. The van der Waals surface area contributed by atoms with Gasteiger partial charge in [-0.3, -0.25) is 4.90 Å². The molecular formula is C15H20FN3. The van der Waals surface area contributed by atoms with Crippen LogP contribution in [0.4, 0.5) is 4.39 Å². The van der Waals surface area contributed by atoms with Gasteiger partial charge in [-0.15, -0.1) is 0 Å². The second kappa shape index (κ2) is 6.65. The molecule has 1 aliphatic heterocycles. The van der Waals surface area contributed by atoms with Crippen LogP contribution in [0.1, 0.15) is 30.9 Å². The molecule has 0 amide bonds. The van der Waals surface area contributed by atoms with Crippen LogP contribution in [0.25, 0.3) is 0 Å². The SMILES string of the molecule is CCN(Cc1ccc(C#N)cc1F)CC1CCCN1. The molecule has 1 fully saturated rings. The van der Waals surface area contributed by atoms with E-state index in [0.717, 1.165) is 19.6 Å². The first-order chi connectivity index (χ1) is 9.22. The molecule has 0 bridgehead atoms. The second-order valence-corrected chi connectivity index (χ2v) is 5.04. The van der Waals surface area contributed by atoms with E-state index in [4.69, 9.17) is 5.26 Å². The Kier molecular flexibility index (Phi) is 4.89. The number of nitrogens with zero attached hydrogens (tertiary/aromatic N) is 2. The monoisotopic (exact) mass is 261 g/mol. The van der Waals surface area contributed by atoms with E-state index in [-0.39, 0.29) is 5.82 Å². The number of hydrogen-bond acceptors (Lipinski definition) is 3. The molecule has 0 saturated carbocycles. The summed E-state index contributed by atoms with van der Waals surface area (Å²) >= 11 is 0. The smallest absolute Gasteiger partial charge is 0.129 e. The normalized spacial score (nSPS) is 18.7. The van der Waals surface area contributed by atoms with Gasteiger partial charge in [0.1, 0.15) is 5.82 Å². The summed E-state index contributed by atoms with van der Waals surface area (Å²) in [4.78, 5) is 2.24. The van der Waals surface area contributed by atoms with Crippen LogP contribution >= 0.6 is 0 Å². The minimum Gasteiger partial charge on any atom is -0.313 e. The van der Waals surface area contributed by atoms with Crippen molar-refractivity contribution in [3.05, 3.63) is 35.1 Å². The second-order valence-electron chi connectivity index (χ2n) is 5.04. The van der Waals surface area contributed by atoms with Crippen LogP contribution in [-0.2, 0) is 6.54 Å². The van der Waals surface area contributed by atoms with E-state index >= 15 is 0 Å². The van der Waals surface area contributed by atoms with Gasteiger partial charge in [0.15, 0.2) is 0 Å². The number of nitriles is 1. The molecule has 1 saturated heterocycles. The zero-order chi connectivity index (χ0) is 13.7. The standard InChI is InChI=1S/C15H20FN3/c1-2-19(11-14-4-3-7-18-14)10-13-6-5-12(9-17)8-15(13)16/h5-6,8,14,18H,2-4,7,10-11H2,1H3. The molecule has 1 unspecified atom stereocenters. The Balaban J connectivity index is 1.99. The summed E-state index contributed by atoms with van der Waals surface area (Å²) in [5.41, 5.74) is 1.04. The predicted octanol–water partition coefficient (Wildman–Crippen LogP) is 2.27. The fourth-order valence-electron chi connectivity index (χ4n) is 2.52. The maximum Gasteiger partial charge on any atom is 0.129 e. The van der Waals surface area contributed by atoms with E-state index in [0.29, 0.717) is 23.7 Å².